The molecular formula is C41H38Cl2N8O10. The van der Waals surface area contributed by atoms with Crippen molar-refractivity contribution in [1.29, 1.82) is 0 Å². The van der Waals surface area contributed by atoms with E-state index in [9.17, 15) is 19.8 Å². The van der Waals surface area contributed by atoms with E-state index in [1.54, 1.807) is 47.2 Å². The van der Waals surface area contributed by atoms with Crippen LogP contribution in [0, 0.1) is 0 Å². The highest BCUT2D eigenvalue weighted by molar-refractivity contribution is 6.31. The van der Waals surface area contributed by atoms with E-state index in [-0.39, 0.29) is 18.8 Å². The Kier molecular flexibility index (Phi) is 9.68. The lowest BCUT2D eigenvalue weighted by atomic mass is 9.91. The van der Waals surface area contributed by atoms with Gasteiger partial charge in [0.05, 0.1) is 23.6 Å². The maximum atomic E-state index is 12.4. The van der Waals surface area contributed by atoms with Gasteiger partial charge in [-0.15, -0.1) is 0 Å². The molecule has 316 valence electrons. The molecule has 0 saturated carbocycles. The number of nitrogens with zero attached hydrogens (tertiary/aromatic N) is 6. The average molecular weight is 874 g/mol. The van der Waals surface area contributed by atoms with Gasteiger partial charge in [-0.25, -0.2) is 19.9 Å². The number of fused-ring (bicyclic) bond motifs is 5. The molecule has 0 unspecified atom stereocenters. The third-order valence-corrected chi connectivity index (χ3v) is 12.0. The van der Waals surface area contributed by atoms with Crippen LogP contribution in [0.3, 0.4) is 0 Å². The fourth-order valence-corrected chi connectivity index (χ4v) is 9.32. The molecule has 3 fully saturated rings. The Balaban J connectivity index is 0.000000147. The fraction of sp³-hybridized carbons (Fsp3) is 0.366. The summed E-state index contributed by atoms with van der Waals surface area (Å²) in [4.78, 5) is 41.1. The summed E-state index contributed by atoms with van der Waals surface area (Å²) in [7, 11) is 0. The van der Waals surface area contributed by atoms with Crippen molar-refractivity contribution < 1.29 is 48.2 Å². The second kappa shape index (κ2) is 14.9. The Morgan fingerprint density at radius 3 is 1.70 bits per heavy atom. The van der Waals surface area contributed by atoms with Gasteiger partial charge in [-0.1, -0.05) is 35.3 Å². The summed E-state index contributed by atoms with van der Waals surface area (Å²) >= 11 is 12.2. The van der Waals surface area contributed by atoms with Gasteiger partial charge in [0.2, 0.25) is 0 Å². The molecule has 9 heterocycles. The number of carbonyl (C=O) groups is 2. The molecule has 18 nitrogen and oxygen atoms in total. The van der Waals surface area contributed by atoms with E-state index in [4.69, 9.17) is 63.1 Å². The van der Waals surface area contributed by atoms with Crippen LogP contribution in [0.2, 0.25) is 10.0 Å². The smallest absolute Gasteiger partial charge is 0.310 e. The zero-order valence-corrected chi connectivity index (χ0v) is 33.9. The minimum atomic E-state index is -1.30. The number of aliphatic hydroxyl groups excluding tert-OH is 2. The van der Waals surface area contributed by atoms with E-state index in [0.717, 1.165) is 16.5 Å². The zero-order chi connectivity index (χ0) is 42.5. The molecule has 10 atom stereocenters. The number of ether oxygens (including phenoxy) is 6. The predicted octanol–water partition coefficient (Wildman–Crippen LogP) is 4.05. The number of benzene rings is 2. The van der Waals surface area contributed by atoms with Crippen LogP contribution in [-0.4, -0.2) is 93.6 Å². The van der Waals surface area contributed by atoms with Gasteiger partial charge in [-0.3, -0.25) is 9.59 Å². The van der Waals surface area contributed by atoms with E-state index < -0.39 is 73.0 Å². The van der Waals surface area contributed by atoms with Gasteiger partial charge in [0.25, 0.3) is 0 Å². The van der Waals surface area contributed by atoms with Crippen LogP contribution < -0.4 is 11.5 Å². The highest BCUT2D eigenvalue weighted by atomic mass is 35.5. The predicted molar refractivity (Wildman–Crippen MR) is 216 cm³/mol. The monoisotopic (exact) mass is 872 g/mol. The second-order valence-electron chi connectivity index (χ2n) is 15.8. The molecule has 2 aromatic carbocycles. The van der Waals surface area contributed by atoms with Gasteiger partial charge in [-0.2, -0.15) is 0 Å². The first-order chi connectivity index (χ1) is 29.2. The van der Waals surface area contributed by atoms with Crippen LogP contribution in [0.15, 0.2) is 73.6 Å². The average Bonchev–Trinajstić information content (AvgIpc) is 4.03. The molecule has 6 aromatic rings. The summed E-state index contributed by atoms with van der Waals surface area (Å²) in [5.74, 6) is -0.932. The standard InChI is InChI=1S/C22H21ClN4O5.C19H17ClN4O5/c1-22(2)31-17-16(15-12-4-3-11(23)7-10(12)8-14(28)29-15)30-21(18(17)32-22)27-6-5-13-19(24)25-9-26-20(13)27;20-9-1-2-10-8(5-9)6-12(25)28-15(10)16-13(26)14(27)19(29-16)24-4-3-11-17(21)22-7-23-18(11)24/h3-7,9,15-18,21H,8H2,1-2H3,(H2,24,25,26);1-5,7,13-16,19,26-27H,6H2,(H2,21,22,23)/t15-,16-,17-,18-,21-;13-,14+,15+,16-,19+/m10/s1. The number of aromatic nitrogens is 6. The van der Waals surface area contributed by atoms with Crippen LogP contribution in [0.1, 0.15) is 60.8 Å². The van der Waals surface area contributed by atoms with E-state index in [1.807, 2.05) is 36.7 Å². The normalized spacial score (nSPS) is 30.0. The van der Waals surface area contributed by atoms with Gasteiger partial charge in [0.15, 0.2) is 30.5 Å². The summed E-state index contributed by atoms with van der Waals surface area (Å²) < 4.78 is 39.7. The molecule has 5 aliphatic heterocycles. The van der Waals surface area contributed by atoms with Crippen molar-refractivity contribution in [3.05, 3.63) is 106 Å². The third kappa shape index (κ3) is 6.83. The molecule has 61 heavy (non-hydrogen) atoms. The van der Waals surface area contributed by atoms with Crippen molar-refractivity contribution in [2.24, 2.45) is 0 Å². The van der Waals surface area contributed by atoms with Crippen LogP contribution in [0.4, 0.5) is 11.6 Å². The molecule has 5 aliphatic rings. The number of aliphatic hydroxyl groups is 2. The molecule has 20 heteroatoms. The summed E-state index contributed by atoms with van der Waals surface area (Å²) in [6.45, 7) is 3.71. The lowest BCUT2D eigenvalue weighted by Crippen LogP contribution is -2.38. The Morgan fingerprint density at radius 1 is 0.656 bits per heavy atom. The van der Waals surface area contributed by atoms with Crippen LogP contribution >= 0.6 is 23.2 Å². The Morgan fingerprint density at radius 2 is 1.15 bits per heavy atom. The summed E-state index contributed by atoms with van der Waals surface area (Å²) in [5.41, 5.74) is 16.1. The van der Waals surface area contributed by atoms with E-state index >= 15 is 0 Å². The molecule has 0 amide bonds. The molecular weight excluding hydrogens is 835 g/mol. The van der Waals surface area contributed by atoms with Crippen LogP contribution in [0.25, 0.3) is 22.1 Å². The van der Waals surface area contributed by atoms with Crippen molar-refractivity contribution >= 4 is 68.8 Å². The summed E-state index contributed by atoms with van der Waals surface area (Å²) in [5, 5.41) is 23.8. The Bertz CT molecular complexity index is 2730. The number of rotatable bonds is 4. The first kappa shape index (κ1) is 39.7. The minimum Gasteiger partial charge on any atom is -0.454 e. The quantitative estimate of drug-likeness (QED) is 0.183. The number of carbonyl (C=O) groups excluding carboxylic acids is 2. The fourth-order valence-electron chi connectivity index (χ4n) is 8.93. The lowest BCUT2D eigenvalue weighted by molar-refractivity contribution is -0.212. The maximum absolute atomic E-state index is 12.4. The van der Waals surface area contributed by atoms with Gasteiger partial charge in [0.1, 0.15) is 72.2 Å². The highest BCUT2D eigenvalue weighted by Crippen LogP contribution is 2.49. The number of nitrogens with two attached hydrogens (primary N) is 2. The number of esters is 2. The molecule has 0 spiro atoms. The molecule has 3 saturated heterocycles. The van der Waals surface area contributed by atoms with Crippen molar-refractivity contribution in [2.75, 3.05) is 11.5 Å². The van der Waals surface area contributed by atoms with Crippen LogP contribution in [-0.2, 0) is 50.9 Å². The molecule has 0 radical (unpaired) electrons. The summed E-state index contributed by atoms with van der Waals surface area (Å²) in [6.07, 6.45) is -1.62. The number of cyclic esters (lactones) is 2. The van der Waals surface area contributed by atoms with Crippen LogP contribution in [0.5, 0.6) is 0 Å². The second-order valence-corrected chi connectivity index (χ2v) is 16.7. The molecule has 0 aliphatic carbocycles. The van der Waals surface area contributed by atoms with Gasteiger partial charge in [-0.05, 0) is 72.5 Å². The van der Waals surface area contributed by atoms with E-state index in [2.05, 4.69) is 19.9 Å². The number of hydrogen-bond donors (Lipinski definition) is 4. The number of hydrogen-bond acceptors (Lipinski definition) is 16. The van der Waals surface area contributed by atoms with Crippen molar-refractivity contribution in [3.63, 3.8) is 0 Å². The maximum Gasteiger partial charge on any atom is 0.310 e. The molecule has 4 aromatic heterocycles. The first-order valence-electron chi connectivity index (χ1n) is 19.4. The Labute approximate surface area is 356 Å². The topological polar surface area (TPSA) is 243 Å². The number of halogens is 2. The van der Waals surface area contributed by atoms with Gasteiger partial charge in [0, 0.05) is 22.4 Å². The Hall–Kier alpha value is -5.44. The SMILES string of the molecule is CC1(C)O[C@H]2[C@@H](O1)[C@H](n1ccc3c(N)ncnc31)O[C@@H]2[C@@H]1OC(=O)Cc2cc(Cl)ccc21.Nc1ncnc2c1ccn2[C@@H]1O[C@H]([C@@H]2OC(=O)Cc3cc(Cl)ccc32)[C@@H](O)[C@H]1O. The largest absolute Gasteiger partial charge is 0.454 e. The van der Waals surface area contributed by atoms with Crippen molar-refractivity contribution in [2.45, 2.75) is 93.8 Å². The minimum absolute atomic E-state index is 0.0830. The molecule has 6 N–H and O–H groups in total. The number of nitrogen functional groups attached to an aromatic ring is 2. The third-order valence-electron chi connectivity index (χ3n) is 11.6. The highest BCUT2D eigenvalue weighted by Gasteiger charge is 2.59. The van der Waals surface area contributed by atoms with Crippen molar-refractivity contribution in [1.82, 2.24) is 29.1 Å². The van der Waals surface area contributed by atoms with Gasteiger partial charge >= 0.3 is 11.9 Å². The van der Waals surface area contributed by atoms with E-state index in [0.29, 0.717) is 49.5 Å². The van der Waals surface area contributed by atoms with Gasteiger partial charge < -0.3 is 59.2 Å². The first-order valence-corrected chi connectivity index (χ1v) is 20.1. The van der Waals surface area contributed by atoms with E-state index in [1.165, 1.54) is 12.7 Å². The lowest BCUT2D eigenvalue weighted by Gasteiger charge is -2.32. The zero-order valence-electron chi connectivity index (χ0n) is 32.4. The van der Waals surface area contributed by atoms with Crippen molar-refractivity contribution in [3.8, 4) is 0 Å². The molecule has 11 rings (SSSR count). The summed E-state index contributed by atoms with van der Waals surface area (Å²) in [6, 6.07) is 14.1. The molecule has 0 bridgehead atoms. The number of anilines is 2.